The number of esters is 2. The second kappa shape index (κ2) is 5.83. The summed E-state index contributed by atoms with van der Waals surface area (Å²) >= 11 is 0. The first-order chi connectivity index (χ1) is 8.08. The zero-order valence-electron chi connectivity index (χ0n) is 9.63. The Morgan fingerprint density at radius 1 is 1.35 bits per heavy atom. The Labute approximate surface area is 97.8 Å². The van der Waals surface area contributed by atoms with Crippen LogP contribution in [0.1, 0.15) is 23.7 Å². The summed E-state index contributed by atoms with van der Waals surface area (Å²) in [7, 11) is 1.24. The SMILES string of the molecule is CCC(=O)OCn1cc(C(=O)OC)ccc1=O. The average Bonchev–Trinajstić information content (AvgIpc) is 2.36. The van der Waals surface area contributed by atoms with Crippen LogP contribution in [0.3, 0.4) is 0 Å². The number of pyridine rings is 1. The van der Waals surface area contributed by atoms with Crippen molar-refractivity contribution in [3.8, 4) is 0 Å². The van der Waals surface area contributed by atoms with Gasteiger partial charge in [-0.05, 0) is 6.07 Å². The minimum Gasteiger partial charge on any atom is -0.465 e. The van der Waals surface area contributed by atoms with Crippen LogP contribution in [0.2, 0.25) is 0 Å². The number of hydrogen-bond donors (Lipinski definition) is 0. The maximum atomic E-state index is 11.4. The molecule has 1 aromatic rings. The molecule has 6 nitrogen and oxygen atoms in total. The molecule has 0 aliphatic rings. The van der Waals surface area contributed by atoms with Crippen LogP contribution in [-0.2, 0) is 21.0 Å². The number of rotatable bonds is 4. The molecule has 0 atom stereocenters. The lowest BCUT2D eigenvalue weighted by Gasteiger charge is -2.07. The Kier molecular flexibility index (Phi) is 4.45. The topological polar surface area (TPSA) is 74.6 Å². The van der Waals surface area contributed by atoms with Gasteiger partial charge in [0.15, 0.2) is 6.73 Å². The molecule has 0 fully saturated rings. The highest BCUT2D eigenvalue weighted by Gasteiger charge is 2.08. The molecule has 0 bridgehead atoms. The fourth-order valence-electron chi connectivity index (χ4n) is 1.11. The molecule has 1 heterocycles. The Bertz CT molecular complexity index is 477. The Hall–Kier alpha value is -2.11. The van der Waals surface area contributed by atoms with E-state index in [1.54, 1.807) is 6.92 Å². The van der Waals surface area contributed by atoms with Crippen molar-refractivity contribution in [3.63, 3.8) is 0 Å². The molecule has 92 valence electrons. The Morgan fingerprint density at radius 3 is 2.65 bits per heavy atom. The van der Waals surface area contributed by atoms with Gasteiger partial charge in [-0.25, -0.2) is 4.79 Å². The number of methoxy groups -OCH3 is 1. The van der Waals surface area contributed by atoms with Crippen LogP contribution < -0.4 is 5.56 Å². The fraction of sp³-hybridized carbons (Fsp3) is 0.364. The van der Waals surface area contributed by atoms with Crippen molar-refractivity contribution in [2.24, 2.45) is 0 Å². The van der Waals surface area contributed by atoms with Gasteiger partial charge in [-0.1, -0.05) is 6.92 Å². The first-order valence-electron chi connectivity index (χ1n) is 5.03. The Balaban J connectivity index is 2.87. The van der Waals surface area contributed by atoms with Crippen molar-refractivity contribution in [1.29, 1.82) is 0 Å². The van der Waals surface area contributed by atoms with Crippen molar-refractivity contribution in [3.05, 3.63) is 34.2 Å². The van der Waals surface area contributed by atoms with Gasteiger partial charge in [0.1, 0.15) is 0 Å². The second-order valence-electron chi connectivity index (χ2n) is 3.22. The molecule has 1 rings (SSSR count). The first kappa shape index (κ1) is 13.0. The molecule has 0 aliphatic heterocycles. The van der Waals surface area contributed by atoms with Crippen molar-refractivity contribution in [1.82, 2.24) is 4.57 Å². The van der Waals surface area contributed by atoms with Crippen LogP contribution >= 0.6 is 0 Å². The van der Waals surface area contributed by atoms with E-state index in [4.69, 9.17) is 4.74 Å². The van der Waals surface area contributed by atoms with E-state index in [1.165, 1.54) is 25.4 Å². The lowest BCUT2D eigenvalue weighted by atomic mass is 10.3. The van der Waals surface area contributed by atoms with E-state index < -0.39 is 11.9 Å². The first-order valence-corrected chi connectivity index (χ1v) is 5.03. The van der Waals surface area contributed by atoms with Crippen molar-refractivity contribution in [2.75, 3.05) is 7.11 Å². The van der Waals surface area contributed by atoms with E-state index in [9.17, 15) is 14.4 Å². The van der Waals surface area contributed by atoms with Gasteiger partial charge in [0.25, 0.3) is 5.56 Å². The smallest absolute Gasteiger partial charge is 0.339 e. The van der Waals surface area contributed by atoms with Crippen LogP contribution in [0.15, 0.2) is 23.1 Å². The molecule has 0 saturated carbocycles. The number of ether oxygens (including phenoxy) is 2. The fourth-order valence-corrected chi connectivity index (χ4v) is 1.11. The molecule has 0 amide bonds. The van der Waals surface area contributed by atoms with E-state index in [0.717, 1.165) is 4.57 Å². The number of hydrogen-bond acceptors (Lipinski definition) is 5. The monoisotopic (exact) mass is 239 g/mol. The molecule has 0 aromatic carbocycles. The summed E-state index contributed by atoms with van der Waals surface area (Å²) < 4.78 is 10.4. The minimum absolute atomic E-state index is 0.212. The highest BCUT2D eigenvalue weighted by Crippen LogP contribution is 1.99. The van der Waals surface area contributed by atoms with Crippen LogP contribution in [0.25, 0.3) is 0 Å². The van der Waals surface area contributed by atoms with Gasteiger partial charge in [0, 0.05) is 18.7 Å². The van der Waals surface area contributed by atoms with Gasteiger partial charge in [0.05, 0.1) is 12.7 Å². The lowest BCUT2D eigenvalue weighted by Crippen LogP contribution is -2.23. The van der Waals surface area contributed by atoms with Crippen LogP contribution in [0, 0.1) is 0 Å². The van der Waals surface area contributed by atoms with E-state index in [-0.39, 0.29) is 24.3 Å². The van der Waals surface area contributed by atoms with Crippen molar-refractivity contribution < 1.29 is 19.1 Å². The van der Waals surface area contributed by atoms with Crippen LogP contribution in [0.4, 0.5) is 0 Å². The van der Waals surface area contributed by atoms with Crippen LogP contribution in [-0.4, -0.2) is 23.6 Å². The van der Waals surface area contributed by atoms with Gasteiger partial charge in [0.2, 0.25) is 0 Å². The maximum absolute atomic E-state index is 11.4. The molecule has 0 spiro atoms. The molecule has 0 unspecified atom stereocenters. The molecule has 0 saturated heterocycles. The van der Waals surface area contributed by atoms with E-state index >= 15 is 0 Å². The van der Waals surface area contributed by atoms with Gasteiger partial charge < -0.3 is 9.47 Å². The molecule has 17 heavy (non-hydrogen) atoms. The number of aromatic nitrogens is 1. The predicted molar refractivity (Wildman–Crippen MR) is 58.4 cm³/mol. The van der Waals surface area contributed by atoms with Crippen LogP contribution in [0.5, 0.6) is 0 Å². The largest absolute Gasteiger partial charge is 0.465 e. The van der Waals surface area contributed by atoms with E-state index in [1.807, 2.05) is 0 Å². The summed E-state index contributed by atoms with van der Waals surface area (Å²) in [6.07, 6.45) is 1.52. The average molecular weight is 239 g/mol. The van der Waals surface area contributed by atoms with Crippen molar-refractivity contribution in [2.45, 2.75) is 20.1 Å². The third-order valence-corrected chi connectivity index (χ3v) is 2.06. The summed E-state index contributed by atoms with van der Waals surface area (Å²) in [5, 5.41) is 0. The van der Waals surface area contributed by atoms with Crippen molar-refractivity contribution >= 4 is 11.9 Å². The van der Waals surface area contributed by atoms with E-state index in [0.29, 0.717) is 0 Å². The summed E-state index contributed by atoms with van der Waals surface area (Å²) in [5.41, 5.74) is -0.138. The minimum atomic E-state index is -0.555. The Morgan fingerprint density at radius 2 is 2.06 bits per heavy atom. The number of carbonyl (C=O) groups excluding carboxylic acids is 2. The van der Waals surface area contributed by atoms with Gasteiger partial charge in [-0.3, -0.25) is 14.2 Å². The van der Waals surface area contributed by atoms with Gasteiger partial charge in [-0.15, -0.1) is 0 Å². The maximum Gasteiger partial charge on any atom is 0.339 e. The third-order valence-electron chi connectivity index (χ3n) is 2.06. The molecule has 0 aliphatic carbocycles. The highest BCUT2D eigenvalue weighted by molar-refractivity contribution is 5.88. The molecule has 6 heteroatoms. The quantitative estimate of drug-likeness (QED) is 0.717. The molecule has 1 aromatic heterocycles. The predicted octanol–water partition coefficient (Wildman–Crippen LogP) is 0.546. The molecular formula is C11H13NO5. The van der Waals surface area contributed by atoms with Gasteiger partial charge >= 0.3 is 11.9 Å². The summed E-state index contributed by atoms with van der Waals surface area (Å²) in [6, 6.07) is 2.57. The summed E-state index contributed by atoms with van der Waals surface area (Å²) in [4.78, 5) is 33.6. The zero-order chi connectivity index (χ0) is 12.8. The zero-order valence-corrected chi connectivity index (χ0v) is 9.63. The van der Waals surface area contributed by atoms with Gasteiger partial charge in [-0.2, -0.15) is 0 Å². The standard InChI is InChI=1S/C11H13NO5/c1-3-10(14)17-7-12-6-8(11(15)16-2)4-5-9(12)13/h4-6H,3,7H2,1-2H3. The second-order valence-corrected chi connectivity index (χ2v) is 3.22. The molecule has 0 radical (unpaired) electrons. The number of carbonyl (C=O) groups is 2. The third kappa shape index (κ3) is 3.44. The highest BCUT2D eigenvalue weighted by atomic mass is 16.5. The summed E-state index contributed by atoms with van der Waals surface area (Å²) in [5.74, 6) is -0.971. The molecule has 0 N–H and O–H groups in total. The lowest BCUT2D eigenvalue weighted by molar-refractivity contribution is -0.147. The summed E-state index contributed by atoms with van der Waals surface area (Å²) in [6.45, 7) is 1.44. The van der Waals surface area contributed by atoms with E-state index in [2.05, 4.69) is 4.74 Å². The number of nitrogens with zero attached hydrogens (tertiary/aromatic N) is 1. The normalized spacial score (nSPS) is 9.76. The molecular weight excluding hydrogens is 226 g/mol.